The topological polar surface area (TPSA) is 37.3 Å². The molecule has 0 fully saturated rings. The molecule has 0 saturated heterocycles. The van der Waals surface area contributed by atoms with Gasteiger partial charge in [0.25, 0.3) is 0 Å². The molecule has 1 aromatic rings. The molecule has 1 N–H and O–H groups in total. The van der Waals surface area contributed by atoms with Crippen molar-refractivity contribution in [3.05, 3.63) is 64.5 Å². The number of allylic oxidation sites excluding steroid dienone is 4. The number of rotatable bonds is 1. The summed E-state index contributed by atoms with van der Waals surface area (Å²) < 4.78 is 12.9. The highest BCUT2D eigenvalue weighted by atomic mass is 19.1. The predicted molar refractivity (Wildman–Crippen MR) is 75.4 cm³/mol. The van der Waals surface area contributed by atoms with Crippen LogP contribution in [-0.2, 0) is 4.79 Å². The number of ketones is 1. The Hall–Kier alpha value is -2.00. The van der Waals surface area contributed by atoms with Crippen LogP contribution >= 0.6 is 0 Å². The summed E-state index contributed by atoms with van der Waals surface area (Å²) in [5.74, 6) is -0.261. The fourth-order valence-electron chi connectivity index (χ4n) is 2.67. The van der Waals surface area contributed by atoms with Crippen LogP contribution in [0.25, 0.3) is 6.08 Å². The minimum Gasteiger partial charge on any atom is -0.393 e. The summed E-state index contributed by atoms with van der Waals surface area (Å²) in [5, 5.41) is 9.63. The van der Waals surface area contributed by atoms with Crippen LogP contribution in [0, 0.1) is 5.82 Å². The van der Waals surface area contributed by atoms with Crippen LogP contribution < -0.4 is 0 Å². The van der Waals surface area contributed by atoms with Crippen LogP contribution in [0.1, 0.15) is 24.8 Å². The van der Waals surface area contributed by atoms with Gasteiger partial charge in [0.15, 0.2) is 5.78 Å². The number of halogens is 1. The fraction of sp³-hybridized carbons (Fsp3) is 0.235. The molecule has 0 radical (unpaired) electrons. The summed E-state index contributed by atoms with van der Waals surface area (Å²) in [6.07, 6.45) is 6.95. The fourth-order valence-corrected chi connectivity index (χ4v) is 2.67. The molecule has 0 heterocycles. The summed E-state index contributed by atoms with van der Waals surface area (Å²) in [7, 11) is 0. The van der Waals surface area contributed by atoms with Crippen molar-refractivity contribution in [1.29, 1.82) is 0 Å². The Morgan fingerprint density at radius 2 is 1.95 bits per heavy atom. The maximum absolute atomic E-state index is 12.9. The average Bonchev–Trinajstić information content (AvgIpc) is 2.44. The van der Waals surface area contributed by atoms with Crippen LogP contribution in [0.4, 0.5) is 4.39 Å². The van der Waals surface area contributed by atoms with Gasteiger partial charge in [0.05, 0.1) is 6.10 Å². The number of carbonyl (C=O) groups excluding carboxylic acids is 1. The molecule has 0 spiro atoms. The summed E-state index contributed by atoms with van der Waals surface area (Å²) >= 11 is 0. The molecule has 20 heavy (non-hydrogen) atoms. The lowest BCUT2D eigenvalue weighted by Crippen LogP contribution is -2.21. The summed E-state index contributed by atoms with van der Waals surface area (Å²) in [4.78, 5) is 12.4. The van der Waals surface area contributed by atoms with Gasteiger partial charge in [-0.15, -0.1) is 0 Å². The quantitative estimate of drug-likeness (QED) is 0.796. The number of carbonyl (C=O) groups is 1. The lowest BCUT2D eigenvalue weighted by molar-refractivity contribution is -0.112. The monoisotopic (exact) mass is 270 g/mol. The van der Waals surface area contributed by atoms with Crippen LogP contribution in [0.3, 0.4) is 0 Å². The minimum atomic E-state index is -0.339. The van der Waals surface area contributed by atoms with Crippen LogP contribution in [0.15, 0.2) is 53.1 Å². The number of hydrogen-bond acceptors (Lipinski definition) is 2. The van der Waals surface area contributed by atoms with E-state index in [1.807, 2.05) is 6.08 Å². The van der Waals surface area contributed by atoms with Crippen molar-refractivity contribution in [2.75, 3.05) is 0 Å². The van der Waals surface area contributed by atoms with Crippen molar-refractivity contribution in [1.82, 2.24) is 0 Å². The van der Waals surface area contributed by atoms with Gasteiger partial charge in [-0.25, -0.2) is 4.39 Å². The van der Waals surface area contributed by atoms with E-state index in [2.05, 4.69) is 0 Å². The van der Waals surface area contributed by atoms with Crippen molar-refractivity contribution in [2.24, 2.45) is 0 Å². The molecule has 102 valence electrons. The molecule has 1 atom stereocenters. The van der Waals surface area contributed by atoms with Crippen molar-refractivity contribution < 1.29 is 14.3 Å². The molecule has 2 aliphatic carbocycles. The van der Waals surface area contributed by atoms with E-state index in [0.29, 0.717) is 24.8 Å². The average molecular weight is 270 g/mol. The summed E-state index contributed by atoms with van der Waals surface area (Å²) in [5.41, 5.74) is 3.18. The van der Waals surface area contributed by atoms with Crippen molar-refractivity contribution in [2.45, 2.75) is 25.4 Å². The standard InChI is InChI=1S/C17H15FO2/c18-14-5-1-11(2-6-14)9-13-4-3-12-10-15(19)7-8-16(12)17(13)20/h1-6,9,15,19H,7-8,10H2. The van der Waals surface area contributed by atoms with Gasteiger partial charge in [0.1, 0.15) is 5.82 Å². The molecule has 0 bridgehead atoms. The Balaban J connectivity index is 1.89. The molecule has 1 unspecified atom stereocenters. The first-order valence-electron chi connectivity index (χ1n) is 6.73. The molecule has 0 aromatic heterocycles. The largest absolute Gasteiger partial charge is 0.393 e. The Bertz CT molecular complexity index is 635. The third-order valence-electron chi connectivity index (χ3n) is 3.76. The highest BCUT2D eigenvalue weighted by Gasteiger charge is 2.26. The molecule has 1 aromatic carbocycles. The zero-order valence-electron chi connectivity index (χ0n) is 11.0. The third-order valence-corrected chi connectivity index (χ3v) is 3.76. The zero-order valence-corrected chi connectivity index (χ0v) is 11.0. The van der Waals surface area contributed by atoms with Crippen LogP contribution in [0.5, 0.6) is 0 Å². The van der Waals surface area contributed by atoms with Crippen molar-refractivity contribution >= 4 is 11.9 Å². The highest BCUT2D eigenvalue weighted by molar-refractivity contribution is 6.14. The smallest absolute Gasteiger partial charge is 0.189 e. The first-order chi connectivity index (χ1) is 9.63. The Morgan fingerprint density at radius 1 is 1.20 bits per heavy atom. The van der Waals surface area contributed by atoms with Gasteiger partial charge in [0, 0.05) is 11.1 Å². The maximum Gasteiger partial charge on any atom is 0.189 e. The van der Waals surface area contributed by atoms with Gasteiger partial charge in [-0.3, -0.25) is 4.79 Å². The predicted octanol–water partition coefficient (Wildman–Crippen LogP) is 3.19. The van der Waals surface area contributed by atoms with Gasteiger partial charge < -0.3 is 5.11 Å². The highest BCUT2D eigenvalue weighted by Crippen LogP contribution is 2.32. The molecule has 0 amide bonds. The van der Waals surface area contributed by atoms with E-state index in [0.717, 1.165) is 16.7 Å². The molecule has 0 saturated carbocycles. The van der Waals surface area contributed by atoms with Gasteiger partial charge in [-0.05, 0) is 48.6 Å². The minimum absolute atomic E-state index is 0.0266. The van der Waals surface area contributed by atoms with Crippen LogP contribution in [0.2, 0.25) is 0 Å². The lowest BCUT2D eigenvalue weighted by atomic mass is 9.81. The van der Waals surface area contributed by atoms with E-state index in [9.17, 15) is 14.3 Å². The van der Waals surface area contributed by atoms with Gasteiger partial charge in [0.2, 0.25) is 0 Å². The first-order valence-corrected chi connectivity index (χ1v) is 6.73. The second-order valence-electron chi connectivity index (χ2n) is 5.21. The number of aliphatic hydroxyl groups excluding tert-OH is 1. The number of aliphatic hydroxyl groups is 1. The molecule has 0 aliphatic heterocycles. The molecule has 2 nitrogen and oxygen atoms in total. The van der Waals surface area contributed by atoms with E-state index in [1.165, 1.54) is 12.1 Å². The molecule has 2 aliphatic rings. The molecule has 3 rings (SSSR count). The number of hydrogen-bond donors (Lipinski definition) is 1. The zero-order chi connectivity index (χ0) is 14.1. The SMILES string of the molecule is O=C1C(=Cc2ccc(F)cc2)C=CC2=C1CCC(O)C2. The van der Waals surface area contributed by atoms with E-state index in [1.54, 1.807) is 24.3 Å². The van der Waals surface area contributed by atoms with Crippen molar-refractivity contribution in [3.63, 3.8) is 0 Å². The van der Waals surface area contributed by atoms with Gasteiger partial charge >= 0.3 is 0 Å². The first kappa shape index (κ1) is 13.0. The Kier molecular flexibility index (Phi) is 3.36. The third kappa shape index (κ3) is 2.49. The lowest BCUT2D eigenvalue weighted by Gasteiger charge is -2.24. The number of benzene rings is 1. The summed E-state index contributed by atoms with van der Waals surface area (Å²) in [6, 6.07) is 6.06. The molecule has 3 heteroatoms. The van der Waals surface area contributed by atoms with Gasteiger partial charge in [-0.2, -0.15) is 0 Å². The van der Waals surface area contributed by atoms with E-state index in [4.69, 9.17) is 0 Å². The normalized spacial score (nSPS) is 24.2. The molecular weight excluding hydrogens is 255 g/mol. The second-order valence-corrected chi connectivity index (χ2v) is 5.21. The van der Waals surface area contributed by atoms with E-state index < -0.39 is 0 Å². The second kappa shape index (κ2) is 5.17. The van der Waals surface area contributed by atoms with E-state index in [-0.39, 0.29) is 17.7 Å². The Morgan fingerprint density at radius 3 is 2.70 bits per heavy atom. The van der Waals surface area contributed by atoms with Gasteiger partial charge in [-0.1, -0.05) is 24.3 Å². The number of Topliss-reactive ketones (excluding diaryl/α,β-unsaturated/α-hetero) is 1. The molecular formula is C17H15FO2. The maximum atomic E-state index is 12.9. The van der Waals surface area contributed by atoms with Crippen molar-refractivity contribution in [3.8, 4) is 0 Å². The Labute approximate surface area is 116 Å². The van der Waals surface area contributed by atoms with Crippen LogP contribution in [-0.4, -0.2) is 17.0 Å². The summed E-state index contributed by atoms with van der Waals surface area (Å²) in [6.45, 7) is 0. The van der Waals surface area contributed by atoms with E-state index >= 15 is 0 Å².